The van der Waals surface area contributed by atoms with E-state index in [1.165, 1.54) is 40.7 Å². The number of nitro groups is 1. The van der Waals surface area contributed by atoms with Crippen LogP contribution in [-0.2, 0) is 10.0 Å². The van der Waals surface area contributed by atoms with Gasteiger partial charge in [-0.25, -0.2) is 8.42 Å². The molecular weight excluding hydrogens is 382 g/mol. The minimum Gasteiger partial charge on any atom is -0.322 e. The Morgan fingerprint density at radius 2 is 1.68 bits per heavy atom. The van der Waals surface area contributed by atoms with E-state index in [9.17, 15) is 23.3 Å². The van der Waals surface area contributed by atoms with Gasteiger partial charge in [0.1, 0.15) is 5.56 Å². The molecule has 0 aliphatic carbocycles. The van der Waals surface area contributed by atoms with Gasteiger partial charge in [0.25, 0.3) is 11.6 Å². The maximum atomic E-state index is 12.9. The third-order valence-electron chi connectivity index (χ3n) is 4.64. The second kappa shape index (κ2) is 8.49. The lowest BCUT2D eigenvalue weighted by atomic mass is 10.1. The zero-order chi connectivity index (χ0) is 20.1. The van der Waals surface area contributed by atoms with Crippen LogP contribution in [0.2, 0.25) is 0 Å². The van der Waals surface area contributed by atoms with Crippen molar-refractivity contribution in [1.82, 2.24) is 4.31 Å². The number of carbonyl (C=O) groups is 1. The molecular formula is C19H21N3O5S. The SMILES string of the molecule is O=C(Nc1cccc(S(=O)(=O)N2CCCCCC2)c1)c1ccccc1[N+](=O)[O-]. The molecule has 0 bridgehead atoms. The lowest BCUT2D eigenvalue weighted by Gasteiger charge is -2.20. The van der Waals surface area contributed by atoms with E-state index in [-0.39, 0.29) is 21.8 Å². The fraction of sp³-hybridized carbons (Fsp3) is 0.316. The Hall–Kier alpha value is -2.78. The zero-order valence-electron chi connectivity index (χ0n) is 15.2. The van der Waals surface area contributed by atoms with Crippen LogP contribution in [0.5, 0.6) is 0 Å². The number of hydrogen-bond donors (Lipinski definition) is 1. The molecule has 2 aromatic carbocycles. The molecule has 2 aromatic rings. The zero-order valence-corrected chi connectivity index (χ0v) is 16.0. The van der Waals surface area contributed by atoms with Crippen LogP contribution in [0, 0.1) is 10.1 Å². The molecule has 3 rings (SSSR count). The summed E-state index contributed by atoms with van der Waals surface area (Å²) in [5.41, 5.74) is -0.138. The van der Waals surface area contributed by atoms with Crippen LogP contribution >= 0.6 is 0 Å². The lowest BCUT2D eigenvalue weighted by molar-refractivity contribution is -0.385. The van der Waals surface area contributed by atoms with E-state index >= 15 is 0 Å². The molecule has 28 heavy (non-hydrogen) atoms. The Labute approximate surface area is 163 Å². The molecule has 0 spiro atoms. The highest BCUT2D eigenvalue weighted by atomic mass is 32.2. The summed E-state index contributed by atoms with van der Waals surface area (Å²) in [6.07, 6.45) is 3.68. The van der Waals surface area contributed by atoms with E-state index in [1.54, 1.807) is 12.1 Å². The summed E-state index contributed by atoms with van der Waals surface area (Å²) >= 11 is 0. The summed E-state index contributed by atoms with van der Waals surface area (Å²) < 4.78 is 27.3. The molecule has 0 radical (unpaired) electrons. The average Bonchev–Trinajstić information content (AvgIpc) is 2.98. The normalized spacial score (nSPS) is 15.6. The van der Waals surface area contributed by atoms with Crippen LogP contribution in [0.1, 0.15) is 36.0 Å². The lowest BCUT2D eigenvalue weighted by Crippen LogP contribution is -2.32. The number of sulfonamides is 1. The molecule has 1 N–H and O–H groups in total. The molecule has 0 atom stereocenters. The predicted molar refractivity (Wildman–Crippen MR) is 105 cm³/mol. The molecule has 1 amide bonds. The predicted octanol–water partition coefficient (Wildman–Crippen LogP) is 3.41. The molecule has 1 heterocycles. The number of nitrogens with one attached hydrogen (secondary N) is 1. The fourth-order valence-corrected chi connectivity index (χ4v) is 4.75. The van der Waals surface area contributed by atoms with Crippen molar-refractivity contribution in [3.63, 3.8) is 0 Å². The van der Waals surface area contributed by atoms with Crippen molar-refractivity contribution in [3.05, 3.63) is 64.2 Å². The Morgan fingerprint density at radius 3 is 2.36 bits per heavy atom. The van der Waals surface area contributed by atoms with E-state index in [1.807, 2.05) is 0 Å². The number of nitrogens with zero attached hydrogens (tertiary/aromatic N) is 2. The minimum absolute atomic E-state index is 0.0896. The van der Waals surface area contributed by atoms with Crippen LogP contribution in [-0.4, -0.2) is 36.6 Å². The maximum Gasteiger partial charge on any atom is 0.282 e. The number of rotatable bonds is 5. The number of anilines is 1. The molecule has 0 unspecified atom stereocenters. The fourth-order valence-electron chi connectivity index (χ4n) is 3.19. The van der Waals surface area contributed by atoms with Crippen molar-refractivity contribution >= 4 is 27.3 Å². The van der Waals surface area contributed by atoms with Gasteiger partial charge in [-0.1, -0.05) is 31.0 Å². The van der Waals surface area contributed by atoms with Crippen molar-refractivity contribution in [2.24, 2.45) is 0 Å². The molecule has 1 saturated heterocycles. The molecule has 8 nitrogen and oxygen atoms in total. The van der Waals surface area contributed by atoms with Crippen molar-refractivity contribution in [2.75, 3.05) is 18.4 Å². The van der Waals surface area contributed by atoms with E-state index in [2.05, 4.69) is 5.32 Å². The summed E-state index contributed by atoms with van der Waals surface area (Å²) in [7, 11) is -3.66. The number of hydrogen-bond acceptors (Lipinski definition) is 5. The Morgan fingerprint density at radius 1 is 1.00 bits per heavy atom. The molecule has 1 aliphatic heterocycles. The van der Waals surface area contributed by atoms with Crippen LogP contribution in [0.15, 0.2) is 53.4 Å². The highest BCUT2D eigenvalue weighted by Crippen LogP contribution is 2.24. The third kappa shape index (κ3) is 4.37. The van der Waals surface area contributed by atoms with E-state index < -0.39 is 20.9 Å². The number of nitro benzene ring substituents is 1. The first-order valence-corrected chi connectivity index (χ1v) is 10.5. The second-order valence-electron chi connectivity index (χ2n) is 6.57. The molecule has 1 aliphatic rings. The van der Waals surface area contributed by atoms with Crippen LogP contribution in [0.25, 0.3) is 0 Å². The van der Waals surface area contributed by atoms with Crippen molar-refractivity contribution in [1.29, 1.82) is 0 Å². The summed E-state index contributed by atoms with van der Waals surface area (Å²) in [5, 5.41) is 13.7. The summed E-state index contributed by atoms with van der Waals surface area (Å²) in [4.78, 5) is 23.0. The Balaban J connectivity index is 1.84. The van der Waals surface area contributed by atoms with Gasteiger partial charge in [0.2, 0.25) is 10.0 Å². The van der Waals surface area contributed by atoms with Crippen LogP contribution in [0.3, 0.4) is 0 Å². The van der Waals surface area contributed by atoms with Gasteiger partial charge >= 0.3 is 0 Å². The monoisotopic (exact) mass is 403 g/mol. The van der Waals surface area contributed by atoms with Gasteiger partial charge in [-0.15, -0.1) is 0 Å². The van der Waals surface area contributed by atoms with Crippen LogP contribution < -0.4 is 5.32 Å². The van der Waals surface area contributed by atoms with E-state index in [4.69, 9.17) is 0 Å². The molecule has 148 valence electrons. The van der Waals surface area contributed by atoms with Crippen LogP contribution in [0.4, 0.5) is 11.4 Å². The first-order valence-electron chi connectivity index (χ1n) is 9.04. The number of carbonyl (C=O) groups excluding carboxylic acids is 1. The van der Waals surface area contributed by atoms with Crippen molar-refractivity contribution < 1.29 is 18.1 Å². The maximum absolute atomic E-state index is 12.9. The van der Waals surface area contributed by atoms with Gasteiger partial charge in [0, 0.05) is 24.8 Å². The molecule has 0 aromatic heterocycles. The van der Waals surface area contributed by atoms with Gasteiger partial charge in [0.05, 0.1) is 9.82 Å². The second-order valence-corrected chi connectivity index (χ2v) is 8.51. The molecule has 9 heteroatoms. The van der Waals surface area contributed by atoms with Gasteiger partial charge in [0.15, 0.2) is 0 Å². The first kappa shape index (κ1) is 20.0. The first-order chi connectivity index (χ1) is 13.4. The molecule has 1 fully saturated rings. The summed E-state index contributed by atoms with van der Waals surface area (Å²) in [5.74, 6) is -0.670. The van der Waals surface area contributed by atoms with E-state index in [0.717, 1.165) is 25.7 Å². The minimum atomic E-state index is -3.66. The quantitative estimate of drug-likeness (QED) is 0.608. The highest BCUT2D eigenvalue weighted by Gasteiger charge is 2.26. The molecule has 0 saturated carbocycles. The van der Waals surface area contributed by atoms with Crippen molar-refractivity contribution in [2.45, 2.75) is 30.6 Å². The number of amides is 1. The standard InChI is InChI=1S/C19H21N3O5S/c23-19(17-10-3-4-11-18(17)22(24)25)20-15-8-7-9-16(14-15)28(26,27)21-12-5-1-2-6-13-21/h3-4,7-11,14H,1-2,5-6,12-13H2,(H,20,23). The Bertz CT molecular complexity index is 983. The number of para-hydroxylation sites is 1. The highest BCUT2D eigenvalue weighted by molar-refractivity contribution is 7.89. The van der Waals surface area contributed by atoms with Gasteiger partial charge < -0.3 is 5.32 Å². The van der Waals surface area contributed by atoms with Gasteiger partial charge in [-0.3, -0.25) is 14.9 Å². The largest absolute Gasteiger partial charge is 0.322 e. The van der Waals surface area contributed by atoms with Gasteiger partial charge in [-0.2, -0.15) is 4.31 Å². The third-order valence-corrected chi connectivity index (χ3v) is 6.53. The van der Waals surface area contributed by atoms with E-state index in [0.29, 0.717) is 13.1 Å². The van der Waals surface area contributed by atoms with Gasteiger partial charge in [-0.05, 0) is 37.1 Å². The Kier molecular flexibility index (Phi) is 6.05. The summed E-state index contributed by atoms with van der Waals surface area (Å²) in [6, 6.07) is 11.6. The van der Waals surface area contributed by atoms with Crippen molar-refractivity contribution in [3.8, 4) is 0 Å². The average molecular weight is 403 g/mol. The number of benzene rings is 2. The topological polar surface area (TPSA) is 110 Å². The summed E-state index contributed by atoms with van der Waals surface area (Å²) in [6.45, 7) is 0.963. The smallest absolute Gasteiger partial charge is 0.282 e.